The van der Waals surface area contributed by atoms with Crippen molar-refractivity contribution in [2.24, 2.45) is 0 Å². The number of nitrogen functional groups attached to an aromatic ring is 1. The van der Waals surface area contributed by atoms with Crippen molar-refractivity contribution < 1.29 is 0 Å². The molecule has 0 fully saturated rings. The number of thioether (sulfide) groups is 1. The van der Waals surface area contributed by atoms with Gasteiger partial charge in [0.05, 0.1) is 5.02 Å². The van der Waals surface area contributed by atoms with Crippen molar-refractivity contribution in [1.82, 2.24) is 4.98 Å². The number of aryl methyl sites for hydroxylation is 1. The Labute approximate surface area is 87.9 Å². The minimum absolute atomic E-state index is 0.598. The van der Waals surface area contributed by atoms with Crippen LogP contribution in [0.3, 0.4) is 0 Å². The van der Waals surface area contributed by atoms with E-state index in [1.54, 1.807) is 6.20 Å². The highest BCUT2D eigenvalue weighted by atomic mass is 35.5. The summed E-state index contributed by atoms with van der Waals surface area (Å²) in [5, 5.41) is 0.658. The molecule has 0 saturated carbocycles. The zero-order chi connectivity index (χ0) is 9.68. The number of hydrogen-bond acceptors (Lipinski definition) is 3. The maximum absolute atomic E-state index is 5.80. The zero-order valence-electron chi connectivity index (χ0n) is 7.59. The van der Waals surface area contributed by atoms with Crippen LogP contribution in [0.15, 0.2) is 12.3 Å². The van der Waals surface area contributed by atoms with Gasteiger partial charge in [-0.15, -0.1) is 0 Å². The Morgan fingerprint density at radius 1 is 1.62 bits per heavy atom. The van der Waals surface area contributed by atoms with Crippen LogP contribution >= 0.6 is 23.4 Å². The molecule has 0 bridgehead atoms. The SMILES string of the molecule is CCSCCc1cc(Cl)cnc1N. The molecule has 1 aromatic heterocycles. The first-order valence-electron chi connectivity index (χ1n) is 4.21. The molecule has 2 N–H and O–H groups in total. The van der Waals surface area contributed by atoms with Crippen LogP contribution in [0.4, 0.5) is 5.82 Å². The highest BCUT2D eigenvalue weighted by molar-refractivity contribution is 7.99. The second-order valence-corrected chi connectivity index (χ2v) is 4.48. The number of halogens is 1. The van der Waals surface area contributed by atoms with E-state index in [9.17, 15) is 0 Å². The Kier molecular flexibility index (Phi) is 4.39. The summed E-state index contributed by atoms with van der Waals surface area (Å²) in [5.74, 6) is 2.80. The van der Waals surface area contributed by atoms with Crippen molar-refractivity contribution in [3.05, 3.63) is 22.8 Å². The van der Waals surface area contributed by atoms with E-state index >= 15 is 0 Å². The van der Waals surface area contributed by atoms with Crippen molar-refractivity contribution in [3.8, 4) is 0 Å². The highest BCUT2D eigenvalue weighted by Gasteiger charge is 2.00. The van der Waals surface area contributed by atoms with Crippen LogP contribution in [0.2, 0.25) is 5.02 Å². The molecular formula is C9H13ClN2S. The Morgan fingerprint density at radius 2 is 2.38 bits per heavy atom. The first-order valence-corrected chi connectivity index (χ1v) is 5.75. The van der Waals surface area contributed by atoms with Crippen LogP contribution in [-0.4, -0.2) is 16.5 Å². The predicted molar refractivity (Wildman–Crippen MR) is 60.4 cm³/mol. The lowest BCUT2D eigenvalue weighted by molar-refractivity contribution is 1.12. The molecule has 0 aliphatic rings. The lowest BCUT2D eigenvalue weighted by atomic mass is 10.2. The molecule has 0 saturated heterocycles. The second-order valence-electron chi connectivity index (χ2n) is 2.64. The molecule has 72 valence electrons. The third-order valence-corrected chi connectivity index (χ3v) is 2.80. The summed E-state index contributed by atoms with van der Waals surface area (Å²) < 4.78 is 0. The van der Waals surface area contributed by atoms with Gasteiger partial charge in [0.25, 0.3) is 0 Å². The van der Waals surface area contributed by atoms with Gasteiger partial charge >= 0.3 is 0 Å². The molecule has 4 heteroatoms. The Morgan fingerprint density at radius 3 is 3.08 bits per heavy atom. The van der Waals surface area contributed by atoms with Gasteiger partial charge in [-0.25, -0.2) is 4.98 Å². The monoisotopic (exact) mass is 216 g/mol. The number of pyridine rings is 1. The summed E-state index contributed by atoms with van der Waals surface area (Å²) in [6, 6.07) is 1.89. The molecule has 0 amide bonds. The first-order chi connectivity index (χ1) is 6.24. The van der Waals surface area contributed by atoms with Crippen molar-refractivity contribution in [2.75, 3.05) is 17.2 Å². The maximum atomic E-state index is 5.80. The summed E-state index contributed by atoms with van der Waals surface area (Å²) in [6.07, 6.45) is 2.52. The smallest absolute Gasteiger partial charge is 0.126 e. The maximum Gasteiger partial charge on any atom is 0.126 e. The quantitative estimate of drug-likeness (QED) is 0.787. The molecule has 0 radical (unpaired) electrons. The van der Waals surface area contributed by atoms with Gasteiger partial charge < -0.3 is 5.73 Å². The molecule has 0 aliphatic heterocycles. The third-order valence-electron chi connectivity index (χ3n) is 1.69. The first kappa shape index (κ1) is 10.7. The van der Waals surface area contributed by atoms with Crippen LogP contribution in [0.1, 0.15) is 12.5 Å². The van der Waals surface area contributed by atoms with Gasteiger partial charge in [0.15, 0.2) is 0 Å². The Hall–Kier alpha value is -0.410. The lowest BCUT2D eigenvalue weighted by Gasteiger charge is -2.03. The van der Waals surface area contributed by atoms with E-state index in [0.717, 1.165) is 23.5 Å². The Bertz CT molecular complexity index is 278. The summed E-state index contributed by atoms with van der Waals surface area (Å²) in [4.78, 5) is 3.99. The van der Waals surface area contributed by atoms with Crippen LogP contribution in [-0.2, 0) is 6.42 Å². The van der Waals surface area contributed by atoms with Crippen molar-refractivity contribution in [1.29, 1.82) is 0 Å². The normalized spacial score (nSPS) is 10.3. The van der Waals surface area contributed by atoms with E-state index in [4.69, 9.17) is 17.3 Å². The molecule has 0 atom stereocenters. The summed E-state index contributed by atoms with van der Waals surface area (Å²) in [7, 11) is 0. The Balaban J connectivity index is 2.59. The van der Waals surface area contributed by atoms with E-state index in [-0.39, 0.29) is 0 Å². The van der Waals surface area contributed by atoms with Gasteiger partial charge in [0, 0.05) is 6.20 Å². The summed E-state index contributed by atoms with van der Waals surface area (Å²) >= 11 is 7.70. The molecule has 1 aromatic rings. The van der Waals surface area contributed by atoms with Crippen LogP contribution < -0.4 is 5.73 Å². The topological polar surface area (TPSA) is 38.9 Å². The molecule has 2 nitrogen and oxygen atoms in total. The van der Waals surface area contributed by atoms with E-state index in [2.05, 4.69) is 11.9 Å². The molecule has 1 rings (SSSR count). The van der Waals surface area contributed by atoms with E-state index in [1.165, 1.54) is 0 Å². The number of rotatable bonds is 4. The standard InChI is InChI=1S/C9H13ClN2S/c1-2-13-4-3-7-5-8(10)6-12-9(7)11/h5-6H,2-4H2,1H3,(H2,11,12). The van der Waals surface area contributed by atoms with Gasteiger partial charge in [-0.1, -0.05) is 18.5 Å². The summed E-state index contributed by atoms with van der Waals surface area (Å²) in [6.45, 7) is 2.14. The molecule has 1 heterocycles. The zero-order valence-corrected chi connectivity index (χ0v) is 9.16. The average Bonchev–Trinajstić information content (AvgIpc) is 2.11. The van der Waals surface area contributed by atoms with Crippen LogP contribution in [0.25, 0.3) is 0 Å². The van der Waals surface area contributed by atoms with Gasteiger partial charge in [-0.2, -0.15) is 11.8 Å². The van der Waals surface area contributed by atoms with Crippen molar-refractivity contribution in [2.45, 2.75) is 13.3 Å². The number of anilines is 1. The van der Waals surface area contributed by atoms with Crippen molar-refractivity contribution >= 4 is 29.2 Å². The number of aromatic nitrogens is 1. The molecule has 0 aliphatic carbocycles. The molecule has 0 spiro atoms. The van der Waals surface area contributed by atoms with Crippen LogP contribution in [0, 0.1) is 0 Å². The summed E-state index contributed by atoms with van der Waals surface area (Å²) in [5.41, 5.74) is 6.74. The minimum atomic E-state index is 0.598. The number of nitrogens with zero attached hydrogens (tertiary/aromatic N) is 1. The molecule has 13 heavy (non-hydrogen) atoms. The van der Waals surface area contributed by atoms with Gasteiger partial charge in [0.1, 0.15) is 5.82 Å². The highest BCUT2D eigenvalue weighted by Crippen LogP contribution is 2.16. The minimum Gasteiger partial charge on any atom is -0.383 e. The predicted octanol–water partition coefficient (Wildman–Crippen LogP) is 2.61. The van der Waals surface area contributed by atoms with Gasteiger partial charge in [0.2, 0.25) is 0 Å². The van der Waals surface area contributed by atoms with Crippen molar-refractivity contribution in [3.63, 3.8) is 0 Å². The van der Waals surface area contributed by atoms with E-state index < -0.39 is 0 Å². The lowest BCUT2D eigenvalue weighted by Crippen LogP contribution is -1.99. The second kappa shape index (κ2) is 5.35. The van der Waals surface area contributed by atoms with Gasteiger partial charge in [-0.3, -0.25) is 0 Å². The fourth-order valence-corrected chi connectivity index (χ4v) is 1.85. The molecular weight excluding hydrogens is 204 g/mol. The largest absolute Gasteiger partial charge is 0.383 e. The average molecular weight is 217 g/mol. The third kappa shape index (κ3) is 3.44. The molecule has 0 aromatic carbocycles. The fraction of sp³-hybridized carbons (Fsp3) is 0.444. The van der Waals surface area contributed by atoms with Gasteiger partial charge in [-0.05, 0) is 29.6 Å². The van der Waals surface area contributed by atoms with E-state index in [1.807, 2.05) is 17.8 Å². The fourth-order valence-electron chi connectivity index (χ4n) is 1.02. The number of nitrogens with two attached hydrogens (primary N) is 1. The van der Waals surface area contributed by atoms with Crippen LogP contribution in [0.5, 0.6) is 0 Å². The van der Waals surface area contributed by atoms with E-state index in [0.29, 0.717) is 10.8 Å². The number of hydrogen-bond donors (Lipinski definition) is 1. The molecule has 0 unspecified atom stereocenters.